The van der Waals surface area contributed by atoms with Crippen molar-refractivity contribution in [1.82, 2.24) is 4.90 Å². The Morgan fingerprint density at radius 3 is 3.20 bits per heavy atom. The molecule has 1 fully saturated rings. The minimum absolute atomic E-state index is 0.192. The first-order valence-electron chi connectivity index (χ1n) is 6.57. The Morgan fingerprint density at radius 2 is 2.45 bits per heavy atom. The molecule has 0 bridgehead atoms. The lowest BCUT2D eigenvalue weighted by molar-refractivity contribution is -0.0215. The van der Waals surface area contributed by atoms with E-state index >= 15 is 0 Å². The molecule has 1 saturated heterocycles. The number of nitrogens with zero attached hydrogens (tertiary/aromatic N) is 2. The van der Waals surface area contributed by atoms with E-state index in [1.807, 2.05) is 4.90 Å². The highest BCUT2D eigenvalue weighted by Crippen LogP contribution is 2.14. The van der Waals surface area contributed by atoms with Crippen molar-refractivity contribution < 1.29 is 14.6 Å². The summed E-state index contributed by atoms with van der Waals surface area (Å²) < 4.78 is 10.7. The third kappa shape index (κ3) is 4.38. The summed E-state index contributed by atoms with van der Waals surface area (Å²) in [7, 11) is 0. The number of β-amino-alcohol motifs (C(OH)–C–C–N with tert-alkyl or cyclic N) is 1. The summed E-state index contributed by atoms with van der Waals surface area (Å²) in [5.74, 6) is 0.640. The predicted molar refractivity (Wildman–Crippen MR) is 74.1 cm³/mol. The molecular formula is C14H19N3O3. The van der Waals surface area contributed by atoms with Crippen molar-refractivity contribution in [3.63, 3.8) is 0 Å². The first-order valence-corrected chi connectivity index (χ1v) is 6.57. The van der Waals surface area contributed by atoms with Gasteiger partial charge in [-0.15, -0.1) is 0 Å². The van der Waals surface area contributed by atoms with Crippen LogP contribution in [0.4, 0.5) is 5.69 Å². The van der Waals surface area contributed by atoms with Crippen LogP contribution in [-0.2, 0) is 4.74 Å². The number of rotatable bonds is 5. The Balaban J connectivity index is 1.75. The highest BCUT2D eigenvalue weighted by Gasteiger charge is 2.22. The summed E-state index contributed by atoms with van der Waals surface area (Å²) in [4.78, 5) is 2.00. The summed E-state index contributed by atoms with van der Waals surface area (Å²) in [6.45, 7) is 2.41. The van der Waals surface area contributed by atoms with Crippen LogP contribution < -0.4 is 10.5 Å². The molecule has 1 aliphatic rings. The fourth-order valence-corrected chi connectivity index (χ4v) is 2.09. The molecule has 6 nitrogen and oxygen atoms in total. The van der Waals surface area contributed by atoms with E-state index in [0.29, 0.717) is 37.7 Å². The second kappa shape index (κ2) is 7.10. The van der Waals surface area contributed by atoms with Crippen LogP contribution in [0.25, 0.3) is 0 Å². The zero-order valence-corrected chi connectivity index (χ0v) is 11.2. The van der Waals surface area contributed by atoms with E-state index in [1.54, 1.807) is 24.3 Å². The molecule has 0 aromatic heterocycles. The molecule has 108 valence electrons. The van der Waals surface area contributed by atoms with Crippen molar-refractivity contribution in [3.05, 3.63) is 24.3 Å². The maximum absolute atomic E-state index is 9.97. The average Bonchev–Trinajstić information content (AvgIpc) is 2.45. The molecule has 2 unspecified atom stereocenters. The number of aliphatic hydroxyl groups is 1. The van der Waals surface area contributed by atoms with Crippen molar-refractivity contribution in [2.24, 2.45) is 0 Å². The Hall–Kier alpha value is -1.81. The molecule has 0 spiro atoms. The molecule has 1 heterocycles. The Morgan fingerprint density at radius 1 is 1.60 bits per heavy atom. The SMILES string of the molecule is N#CC1CN(CC(O)COc2cccc(N)c2)CCO1. The number of ether oxygens (including phenoxy) is 2. The predicted octanol–water partition coefficient (Wildman–Crippen LogP) is 0.233. The summed E-state index contributed by atoms with van der Waals surface area (Å²) in [6.07, 6.45) is -1.03. The van der Waals surface area contributed by atoms with Crippen LogP contribution in [0, 0.1) is 11.3 Å². The molecule has 20 heavy (non-hydrogen) atoms. The third-order valence-corrected chi connectivity index (χ3v) is 3.06. The van der Waals surface area contributed by atoms with Crippen LogP contribution in [0.2, 0.25) is 0 Å². The molecule has 0 aliphatic carbocycles. The van der Waals surface area contributed by atoms with Crippen LogP contribution in [0.15, 0.2) is 24.3 Å². The van der Waals surface area contributed by atoms with Crippen molar-refractivity contribution in [2.45, 2.75) is 12.2 Å². The Kier molecular flexibility index (Phi) is 5.18. The number of benzene rings is 1. The zero-order valence-electron chi connectivity index (χ0n) is 11.2. The average molecular weight is 277 g/mol. The minimum Gasteiger partial charge on any atom is -0.491 e. The quantitative estimate of drug-likeness (QED) is 0.749. The van der Waals surface area contributed by atoms with E-state index in [2.05, 4.69) is 6.07 Å². The lowest BCUT2D eigenvalue weighted by Crippen LogP contribution is -2.46. The van der Waals surface area contributed by atoms with E-state index in [-0.39, 0.29) is 6.61 Å². The molecular weight excluding hydrogens is 258 g/mol. The van der Waals surface area contributed by atoms with Crippen molar-refractivity contribution in [1.29, 1.82) is 5.26 Å². The third-order valence-electron chi connectivity index (χ3n) is 3.06. The topological polar surface area (TPSA) is 91.7 Å². The van der Waals surface area contributed by atoms with Gasteiger partial charge < -0.3 is 20.3 Å². The van der Waals surface area contributed by atoms with Gasteiger partial charge in [-0.1, -0.05) is 6.07 Å². The van der Waals surface area contributed by atoms with Gasteiger partial charge in [0.05, 0.1) is 12.7 Å². The van der Waals surface area contributed by atoms with Crippen LogP contribution in [0.5, 0.6) is 5.75 Å². The van der Waals surface area contributed by atoms with Gasteiger partial charge in [0.15, 0.2) is 6.10 Å². The number of anilines is 1. The summed E-state index contributed by atoms with van der Waals surface area (Å²) in [6, 6.07) is 9.17. The maximum atomic E-state index is 9.97. The molecule has 1 aromatic carbocycles. The molecule has 0 radical (unpaired) electrons. The summed E-state index contributed by atoms with van der Waals surface area (Å²) >= 11 is 0. The van der Waals surface area contributed by atoms with E-state index < -0.39 is 12.2 Å². The van der Waals surface area contributed by atoms with Crippen LogP contribution in [0.1, 0.15) is 0 Å². The number of nitriles is 1. The monoisotopic (exact) mass is 277 g/mol. The number of hydrogen-bond donors (Lipinski definition) is 2. The van der Waals surface area contributed by atoms with E-state index in [0.717, 1.165) is 0 Å². The van der Waals surface area contributed by atoms with Crippen LogP contribution in [-0.4, -0.2) is 55.1 Å². The van der Waals surface area contributed by atoms with Crippen molar-refractivity contribution in [3.8, 4) is 11.8 Å². The van der Waals surface area contributed by atoms with Gasteiger partial charge in [-0.05, 0) is 12.1 Å². The van der Waals surface area contributed by atoms with E-state index in [4.69, 9.17) is 20.5 Å². The largest absolute Gasteiger partial charge is 0.491 e. The summed E-state index contributed by atoms with van der Waals surface area (Å²) in [5, 5.41) is 18.8. The Labute approximate surface area is 118 Å². The standard InChI is InChI=1S/C14H19N3O3/c15-7-14-9-17(4-5-19-14)8-12(18)10-20-13-3-1-2-11(16)6-13/h1-3,6,12,14,18H,4-5,8-10,16H2. The fraction of sp³-hybridized carbons (Fsp3) is 0.500. The van der Waals surface area contributed by atoms with Gasteiger partial charge in [0.2, 0.25) is 0 Å². The summed E-state index contributed by atoms with van der Waals surface area (Å²) in [5.41, 5.74) is 6.28. The number of hydrogen-bond acceptors (Lipinski definition) is 6. The van der Waals surface area contributed by atoms with Crippen LogP contribution in [0.3, 0.4) is 0 Å². The van der Waals surface area contributed by atoms with E-state index in [9.17, 15) is 5.11 Å². The number of nitrogen functional groups attached to an aromatic ring is 1. The molecule has 0 amide bonds. The molecule has 0 saturated carbocycles. The molecule has 2 atom stereocenters. The van der Waals surface area contributed by atoms with Gasteiger partial charge in [0.25, 0.3) is 0 Å². The normalized spacial score (nSPS) is 21.1. The van der Waals surface area contributed by atoms with Gasteiger partial charge in [0, 0.05) is 31.4 Å². The van der Waals surface area contributed by atoms with Crippen molar-refractivity contribution in [2.75, 3.05) is 38.6 Å². The van der Waals surface area contributed by atoms with Gasteiger partial charge in [0.1, 0.15) is 18.5 Å². The first kappa shape index (κ1) is 14.6. The van der Waals surface area contributed by atoms with E-state index in [1.165, 1.54) is 0 Å². The molecule has 1 aliphatic heterocycles. The lowest BCUT2D eigenvalue weighted by Gasteiger charge is -2.31. The zero-order chi connectivity index (χ0) is 14.4. The molecule has 6 heteroatoms. The van der Waals surface area contributed by atoms with Gasteiger partial charge in [-0.25, -0.2) is 0 Å². The first-order chi connectivity index (χ1) is 9.67. The smallest absolute Gasteiger partial charge is 0.156 e. The number of aliphatic hydroxyl groups excluding tert-OH is 1. The van der Waals surface area contributed by atoms with Gasteiger partial charge >= 0.3 is 0 Å². The molecule has 3 N–H and O–H groups in total. The number of nitrogens with two attached hydrogens (primary N) is 1. The minimum atomic E-state index is -0.617. The molecule has 2 rings (SSSR count). The molecule has 1 aromatic rings. The maximum Gasteiger partial charge on any atom is 0.156 e. The van der Waals surface area contributed by atoms with Crippen molar-refractivity contribution >= 4 is 5.69 Å². The highest BCUT2D eigenvalue weighted by atomic mass is 16.5. The second-order valence-electron chi connectivity index (χ2n) is 4.79. The lowest BCUT2D eigenvalue weighted by atomic mass is 10.2. The Bertz CT molecular complexity index is 475. The van der Waals surface area contributed by atoms with Crippen LogP contribution >= 0.6 is 0 Å². The highest BCUT2D eigenvalue weighted by molar-refractivity contribution is 5.43. The van der Waals surface area contributed by atoms with Gasteiger partial charge in [-0.2, -0.15) is 5.26 Å². The second-order valence-corrected chi connectivity index (χ2v) is 4.79. The van der Waals surface area contributed by atoms with Gasteiger partial charge in [-0.3, -0.25) is 4.90 Å². The fourth-order valence-electron chi connectivity index (χ4n) is 2.09. The number of morpholine rings is 1.